The van der Waals surface area contributed by atoms with Crippen LogP contribution in [0.5, 0.6) is 5.75 Å². The molecule has 5 nitrogen and oxygen atoms in total. The van der Waals surface area contributed by atoms with Gasteiger partial charge in [0.15, 0.2) is 5.75 Å². The molecular weight excluding hydrogens is 598 g/mol. The van der Waals surface area contributed by atoms with Crippen molar-refractivity contribution in [2.24, 2.45) is 0 Å². The first-order valence-corrected chi connectivity index (χ1v) is 14.6. The number of alkyl halides is 3. The van der Waals surface area contributed by atoms with E-state index in [0.717, 1.165) is 10.4 Å². The van der Waals surface area contributed by atoms with Gasteiger partial charge in [-0.25, -0.2) is 0 Å². The Kier molecular flexibility index (Phi) is 7.80. The van der Waals surface area contributed by atoms with Crippen molar-refractivity contribution in [2.45, 2.75) is 37.9 Å². The maximum Gasteiger partial charge on any atom is 0.534 e. The molecule has 2 aromatic carbocycles. The number of rotatable bonds is 7. The van der Waals surface area contributed by atoms with Crippen molar-refractivity contribution in [1.29, 1.82) is 0 Å². The molecule has 3 aromatic rings. The molecule has 11 heteroatoms. The number of aromatic nitrogens is 1. The number of pyridine rings is 1. The summed E-state index contributed by atoms with van der Waals surface area (Å²) in [7, 11) is -8.91. The normalized spacial score (nSPS) is 13.0. The van der Waals surface area contributed by atoms with Gasteiger partial charge in [0.25, 0.3) is 8.32 Å². The van der Waals surface area contributed by atoms with Crippen molar-refractivity contribution < 1.29 is 30.2 Å². The minimum Gasteiger partial charge on any atom is -0.401 e. The Morgan fingerprint density at radius 3 is 1.85 bits per heavy atom. The van der Waals surface area contributed by atoms with Gasteiger partial charge in [-0.2, -0.15) is 21.6 Å². The fourth-order valence-electron chi connectivity index (χ4n) is 3.75. The summed E-state index contributed by atoms with van der Waals surface area (Å²) >= 11 is 1.71. The van der Waals surface area contributed by atoms with Gasteiger partial charge in [0.1, 0.15) is 5.69 Å². The summed E-state index contributed by atoms with van der Waals surface area (Å²) < 4.78 is 73.8. The number of benzene rings is 2. The molecule has 0 atom stereocenters. The summed E-state index contributed by atoms with van der Waals surface area (Å²) in [6, 6.07) is 20.7. The first-order valence-electron chi connectivity index (χ1n) is 10.2. The van der Waals surface area contributed by atoms with E-state index in [1.807, 2.05) is 81.4 Å². The van der Waals surface area contributed by atoms with Crippen LogP contribution in [0.15, 0.2) is 72.9 Å². The number of hydrogen-bond acceptors (Lipinski definition) is 5. The summed E-state index contributed by atoms with van der Waals surface area (Å²) in [5, 5.41) is 1.53. The van der Waals surface area contributed by atoms with Crippen molar-refractivity contribution in [3.63, 3.8) is 0 Å². The molecule has 0 aliphatic rings. The zero-order valence-electron chi connectivity index (χ0n) is 18.6. The van der Waals surface area contributed by atoms with E-state index < -0.39 is 34.7 Å². The van der Waals surface area contributed by atoms with Gasteiger partial charge >= 0.3 is 15.6 Å². The predicted octanol–water partition coefficient (Wildman–Crippen LogP) is 4.99. The Hall–Kier alpha value is -1.96. The van der Waals surface area contributed by atoms with Crippen molar-refractivity contribution in [3.05, 3.63) is 82.2 Å². The van der Waals surface area contributed by atoms with Crippen molar-refractivity contribution >= 4 is 51.4 Å². The average Bonchev–Trinajstić information content (AvgIpc) is 2.76. The molecule has 0 radical (unpaired) electrons. The third-order valence-electron chi connectivity index (χ3n) is 5.25. The minimum atomic E-state index is -5.87. The van der Waals surface area contributed by atoms with Crippen LogP contribution >= 0.6 is 22.6 Å². The molecule has 0 saturated carbocycles. The van der Waals surface area contributed by atoms with E-state index in [4.69, 9.17) is 4.43 Å². The molecule has 0 amide bonds. The number of halogens is 4. The molecule has 0 aliphatic carbocycles. The number of nitrogens with zero attached hydrogens (tertiary/aromatic N) is 1. The molecule has 0 bridgehead atoms. The van der Waals surface area contributed by atoms with Crippen LogP contribution in [0.25, 0.3) is 0 Å². The van der Waals surface area contributed by atoms with Crippen molar-refractivity contribution in [3.8, 4) is 5.75 Å². The molecular formula is C23H23F3INO4SSi. The van der Waals surface area contributed by atoms with Gasteiger partial charge in [-0.1, -0.05) is 81.4 Å². The largest absolute Gasteiger partial charge is 0.534 e. The van der Waals surface area contributed by atoms with Gasteiger partial charge in [0, 0.05) is 6.20 Å². The molecule has 1 aromatic heterocycles. The zero-order valence-corrected chi connectivity index (χ0v) is 22.6. The highest BCUT2D eigenvalue weighted by molar-refractivity contribution is 14.1. The van der Waals surface area contributed by atoms with Crippen LogP contribution in [-0.4, -0.2) is 27.2 Å². The topological polar surface area (TPSA) is 65.5 Å². The average molecular weight is 621 g/mol. The highest BCUT2D eigenvalue weighted by Gasteiger charge is 2.51. The fraction of sp³-hybridized carbons (Fsp3) is 0.261. The van der Waals surface area contributed by atoms with Crippen LogP contribution in [0.2, 0.25) is 5.04 Å². The summed E-state index contributed by atoms with van der Waals surface area (Å²) in [6.07, 6.45) is 1.37. The van der Waals surface area contributed by atoms with E-state index in [2.05, 4.69) is 9.17 Å². The summed E-state index contributed by atoms with van der Waals surface area (Å²) in [5.74, 6) is -0.488. The van der Waals surface area contributed by atoms with Crippen LogP contribution in [-0.2, 0) is 21.2 Å². The molecule has 1 heterocycles. The van der Waals surface area contributed by atoms with Gasteiger partial charge in [0.05, 0.1) is 10.2 Å². The Bertz CT molecular complexity index is 1200. The molecule has 3 rings (SSSR count). The number of hydrogen-bond donors (Lipinski definition) is 0. The van der Waals surface area contributed by atoms with Crippen LogP contribution in [0.3, 0.4) is 0 Å². The van der Waals surface area contributed by atoms with E-state index in [1.54, 1.807) is 22.6 Å². The lowest BCUT2D eigenvalue weighted by molar-refractivity contribution is -0.0500. The van der Waals surface area contributed by atoms with Gasteiger partial charge < -0.3 is 8.61 Å². The van der Waals surface area contributed by atoms with E-state index in [1.165, 1.54) is 12.3 Å². The maximum atomic E-state index is 13.0. The second-order valence-electron chi connectivity index (χ2n) is 8.50. The molecule has 0 unspecified atom stereocenters. The van der Waals surface area contributed by atoms with E-state index >= 15 is 0 Å². The van der Waals surface area contributed by atoms with Gasteiger partial charge in [-0.3, -0.25) is 4.98 Å². The second kappa shape index (κ2) is 9.95. The quantitative estimate of drug-likeness (QED) is 0.161. The standard InChI is InChI=1S/C23H23F3INO4SSi/c1-22(2,3)34(17-10-6-4-7-11-17,18-12-8-5-9-13-18)31-16-20-21(19(27)14-15-28-20)32-33(29,30)23(24,25)26/h4-15H,16H2,1-3H3. The summed E-state index contributed by atoms with van der Waals surface area (Å²) in [5.41, 5.74) is -5.60. The fourth-order valence-corrected chi connectivity index (χ4v) is 9.49. The van der Waals surface area contributed by atoms with E-state index in [0.29, 0.717) is 0 Å². The lowest BCUT2D eigenvalue weighted by Crippen LogP contribution is -2.66. The van der Waals surface area contributed by atoms with E-state index in [9.17, 15) is 21.6 Å². The zero-order chi connectivity index (χ0) is 25.2. The van der Waals surface area contributed by atoms with Crippen LogP contribution in [0, 0.1) is 3.57 Å². The Labute approximate surface area is 211 Å². The smallest absolute Gasteiger partial charge is 0.401 e. The molecule has 0 N–H and O–H groups in total. The Morgan fingerprint density at radius 1 is 0.912 bits per heavy atom. The lowest BCUT2D eigenvalue weighted by atomic mass is 10.2. The van der Waals surface area contributed by atoms with Gasteiger partial charge in [0.2, 0.25) is 0 Å². The third-order valence-corrected chi connectivity index (χ3v) is 12.0. The molecule has 0 spiro atoms. The first kappa shape index (κ1) is 26.6. The highest BCUT2D eigenvalue weighted by Crippen LogP contribution is 2.38. The predicted molar refractivity (Wildman–Crippen MR) is 135 cm³/mol. The second-order valence-corrected chi connectivity index (χ2v) is 15.5. The summed E-state index contributed by atoms with van der Waals surface area (Å²) in [6.45, 7) is 5.90. The van der Waals surface area contributed by atoms with Gasteiger partial charge in [-0.15, -0.1) is 0 Å². The van der Waals surface area contributed by atoms with Crippen LogP contribution in [0.4, 0.5) is 13.2 Å². The Morgan fingerprint density at radius 2 is 1.41 bits per heavy atom. The summed E-state index contributed by atoms with van der Waals surface area (Å²) in [4.78, 5) is 4.11. The van der Waals surface area contributed by atoms with Crippen LogP contribution in [0.1, 0.15) is 26.5 Å². The van der Waals surface area contributed by atoms with Crippen molar-refractivity contribution in [2.75, 3.05) is 0 Å². The monoisotopic (exact) mass is 621 g/mol. The SMILES string of the molecule is CC(C)(C)[Si](OCc1nccc(I)c1OS(=O)(=O)C(F)(F)F)(c1ccccc1)c1ccccc1. The molecule has 0 fully saturated rings. The lowest BCUT2D eigenvalue weighted by Gasteiger charge is -2.43. The molecule has 0 aliphatic heterocycles. The third kappa shape index (κ3) is 5.31. The molecule has 182 valence electrons. The van der Waals surface area contributed by atoms with Crippen LogP contribution < -0.4 is 14.6 Å². The highest BCUT2D eigenvalue weighted by atomic mass is 127. The minimum absolute atomic E-state index is 0.0345. The maximum absolute atomic E-state index is 13.0. The van der Waals surface area contributed by atoms with E-state index in [-0.39, 0.29) is 15.9 Å². The Balaban J connectivity index is 2.12. The molecule has 34 heavy (non-hydrogen) atoms. The molecule has 0 saturated heterocycles. The first-order chi connectivity index (χ1) is 15.8. The van der Waals surface area contributed by atoms with Gasteiger partial charge in [-0.05, 0) is 44.1 Å². The van der Waals surface area contributed by atoms with Crippen molar-refractivity contribution in [1.82, 2.24) is 4.98 Å².